The van der Waals surface area contributed by atoms with Crippen LogP contribution in [0.2, 0.25) is 0 Å². The number of aromatic nitrogens is 3. The van der Waals surface area contributed by atoms with Gasteiger partial charge in [-0.1, -0.05) is 32.0 Å². The number of hydrogen-bond acceptors (Lipinski definition) is 8. The number of aliphatic carboxylic acids is 1. The largest absolute Gasteiger partial charge is 0.479 e. The van der Waals surface area contributed by atoms with Crippen molar-refractivity contribution in [2.75, 3.05) is 35.2 Å². The van der Waals surface area contributed by atoms with Crippen molar-refractivity contribution >= 4 is 23.3 Å². The highest BCUT2D eigenvalue weighted by Crippen LogP contribution is 2.46. The zero-order valence-corrected chi connectivity index (χ0v) is 26.0. The van der Waals surface area contributed by atoms with Gasteiger partial charge in [0.2, 0.25) is 0 Å². The summed E-state index contributed by atoms with van der Waals surface area (Å²) in [7, 11) is 0. The Labute approximate surface area is 249 Å². The number of nitrogens with two attached hydrogens (primary N) is 1. The van der Waals surface area contributed by atoms with E-state index < -0.39 is 17.7 Å². The van der Waals surface area contributed by atoms with Gasteiger partial charge in [-0.2, -0.15) is 0 Å². The van der Waals surface area contributed by atoms with Crippen LogP contribution in [0.15, 0.2) is 30.6 Å². The first kappa shape index (κ1) is 29.8. The highest BCUT2D eigenvalue weighted by Gasteiger charge is 2.37. The van der Waals surface area contributed by atoms with Gasteiger partial charge in [-0.25, -0.2) is 19.7 Å². The number of carboxylic acids is 1. The molecule has 0 amide bonds. The monoisotopic (exact) mass is 572 g/mol. The molecule has 3 N–H and O–H groups in total. The zero-order chi connectivity index (χ0) is 30.4. The first-order valence-electron chi connectivity index (χ1n) is 14.8. The van der Waals surface area contributed by atoms with Gasteiger partial charge >= 0.3 is 5.97 Å². The van der Waals surface area contributed by atoms with Crippen molar-refractivity contribution in [3.63, 3.8) is 0 Å². The van der Waals surface area contributed by atoms with Crippen molar-refractivity contribution in [3.05, 3.63) is 58.7 Å². The fourth-order valence-corrected chi connectivity index (χ4v) is 6.09. The van der Waals surface area contributed by atoms with Crippen molar-refractivity contribution in [2.45, 2.75) is 86.0 Å². The summed E-state index contributed by atoms with van der Waals surface area (Å²) >= 11 is 0. The molecule has 1 atom stereocenters. The van der Waals surface area contributed by atoms with Gasteiger partial charge in [0.1, 0.15) is 18.0 Å². The summed E-state index contributed by atoms with van der Waals surface area (Å²) in [5.74, 6) is 0.308. The minimum absolute atomic E-state index is 0.221. The van der Waals surface area contributed by atoms with E-state index in [-0.39, 0.29) is 5.41 Å². The normalized spacial score (nSPS) is 17.6. The predicted molar refractivity (Wildman–Crippen MR) is 167 cm³/mol. The Morgan fingerprint density at radius 3 is 2.40 bits per heavy atom. The second-order valence-corrected chi connectivity index (χ2v) is 13.5. The van der Waals surface area contributed by atoms with Crippen LogP contribution in [0.25, 0.3) is 11.1 Å². The van der Waals surface area contributed by atoms with Gasteiger partial charge in [0.15, 0.2) is 6.10 Å². The van der Waals surface area contributed by atoms with Gasteiger partial charge in [-0.3, -0.25) is 0 Å². The van der Waals surface area contributed by atoms with Crippen LogP contribution in [-0.2, 0) is 22.5 Å². The topological polar surface area (TPSA) is 118 Å². The van der Waals surface area contributed by atoms with E-state index in [9.17, 15) is 9.90 Å². The molecule has 9 heteroatoms. The van der Waals surface area contributed by atoms with Crippen molar-refractivity contribution in [2.24, 2.45) is 5.41 Å². The number of carboxylic acid groups (broad SMARTS) is 1. The third kappa shape index (κ3) is 6.21. The summed E-state index contributed by atoms with van der Waals surface area (Å²) in [6.07, 6.45) is 3.28. The number of carbonyl (C=O) groups is 1. The van der Waals surface area contributed by atoms with E-state index in [1.807, 2.05) is 40.7 Å². The van der Waals surface area contributed by atoms with Crippen LogP contribution >= 0.6 is 0 Å². The highest BCUT2D eigenvalue weighted by molar-refractivity contribution is 5.92. The fraction of sp³-hybridized carbons (Fsp3) is 0.515. The third-order valence-electron chi connectivity index (χ3n) is 8.44. The van der Waals surface area contributed by atoms with E-state index >= 15 is 0 Å². The number of hydrogen-bond donors (Lipinski definition) is 2. The molecule has 2 aromatic heterocycles. The molecular formula is C33H44N6O3. The Morgan fingerprint density at radius 2 is 1.76 bits per heavy atom. The molecule has 2 aliphatic heterocycles. The molecule has 0 spiro atoms. The Balaban J connectivity index is 1.62. The Bertz CT molecular complexity index is 1490. The standard InChI is InChI=1S/C33H44N6O3/c1-20-16-25(36-19-35-20)39-13-10-22-17-23(8-9-24(22)18-39)27-28(38-14-11-33(6,7)12-15-38)26(21(2)37-30(27)34)29(31(40)41)42-32(3,4)5/h8-9,16-17,19,29H,10-15,18H2,1-7H3,(H2,34,37)(H,40,41). The molecule has 0 aliphatic carbocycles. The Hall–Kier alpha value is -3.72. The molecule has 42 heavy (non-hydrogen) atoms. The number of pyridine rings is 1. The number of aryl methyl sites for hydroxylation is 2. The smallest absolute Gasteiger partial charge is 0.337 e. The lowest BCUT2D eigenvalue weighted by molar-refractivity contribution is -0.160. The van der Waals surface area contributed by atoms with Crippen molar-refractivity contribution in [1.29, 1.82) is 0 Å². The highest BCUT2D eigenvalue weighted by atomic mass is 16.5. The van der Waals surface area contributed by atoms with Crippen LogP contribution in [0.5, 0.6) is 0 Å². The molecule has 1 saturated heterocycles. The van der Waals surface area contributed by atoms with E-state index in [1.165, 1.54) is 11.1 Å². The van der Waals surface area contributed by atoms with E-state index in [0.717, 1.165) is 73.8 Å². The van der Waals surface area contributed by atoms with Gasteiger partial charge in [0, 0.05) is 54.8 Å². The lowest BCUT2D eigenvalue weighted by Crippen LogP contribution is -2.39. The number of ether oxygens (including phenoxy) is 1. The quantitative estimate of drug-likeness (QED) is 0.374. The van der Waals surface area contributed by atoms with E-state index in [4.69, 9.17) is 15.5 Å². The maximum atomic E-state index is 12.7. The second-order valence-electron chi connectivity index (χ2n) is 13.5. The molecule has 0 saturated carbocycles. The minimum Gasteiger partial charge on any atom is -0.479 e. The molecule has 0 bridgehead atoms. The molecule has 224 valence electrons. The van der Waals surface area contributed by atoms with Gasteiger partial charge in [0.05, 0.1) is 11.3 Å². The zero-order valence-electron chi connectivity index (χ0n) is 26.0. The number of benzene rings is 1. The van der Waals surface area contributed by atoms with Crippen molar-refractivity contribution in [3.8, 4) is 11.1 Å². The molecule has 1 fully saturated rings. The molecule has 3 aromatic rings. The maximum absolute atomic E-state index is 12.7. The summed E-state index contributed by atoms with van der Waals surface area (Å²) in [6, 6.07) is 8.48. The number of anilines is 3. The molecule has 2 aliphatic rings. The van der Waals surface area contributed by atoms with Crippen LogP contribution in [0.3, 0.4) is 0 Å². The Kier molecular flexibility index (Phi) is 7.91. The second kappa shape index (κ2) is 11.2. The SMILES string of the molecule is Cc1cc(N2CCc3cc(-c4c(N)nc(C)c(C(OC(C)(C)C)C(=O)O)c4N4CCC(C)(C)CC4)ccc3C2)ncn1. The third-order valence-corrected chi connectivity index (χ3v) is 8.44. The van der Waals surface area contributed by atoms with Crippen LogP contribution in [0, 0.1) is 19.3 Å². The van der Waals surface area contributed by atoms with Crippen molar-refractivity contribution in [1.82, 2.24) is 15.0 Å². The summed E-state index contributed by atoms with van der Waals surface area (Å²) in [5, 5.41) is 10.4. The first-order chi connectivity index (χ1) is 19.7. The summed E-state index contributed by atoms with van der Waals surface area (Å²) in [6.45, 7) is 17.2. The summed E-state index contributed by atoms with van der Waals surface area (Å²) < 4.78 is 6.20. The molecule has 1 aromatic carbocycles. The van der Waals surface area contributed by atoms with Gasteiger partial charge in [-0.05, 0) is 76.0 Å². The molecule has 4 heterocycles. The van der Waals surface area contributed by atoms with E-state index in [0.29, 0.717) is 17.1 Å². The molecule has 0 radical (unpaired) electrons. The van der Waals surface area contributed by atoms with Crippen LogP contribution in [0.4, 0.5) is 17.3 Å². The Morgan fingerprint density at radius 1 is 1.05 bits per heavy atom. The average molecular weight is 573 g/mol. The summed E-state index contributed by atoms with van der Waals surface area (Å²) in [5.41, 5.74) is 13.5. The summed E-state index contributed by atoms with van der Waals surface area (Å²) in [4.78, 5) is 30.8. The lowest BCUT2D eigenvalue weighted by Gasteiger charge is -2.41. The maximum Gasteiger partial charge on any atom is 0.337 e. The molecule has 9 nitrogen and oxygen atoms in total. The van der Waals surface area contributed by atoms with E-state index in [1.54, 1.807) is 6.33 Å². The predicted octanol–water partition coefficient (Wildman–Crippen LogP) is 5.87. The first-order valence-corrected chi connectivity index (χ1v) is 14.8. The van der Waals surface area contributed by atoms with Crippen LogP contribution in [0.1, 0.15) is 81.6 Å². The number of piperidine rings is 1. The number of rotatable bonds is 6. The average Bonchev–Trinajstić information content (AvgIpc) is 2.90. The van der Waals surface area contributed by atoms with Gasteiger partial charge in [-0.15, -0.1) is 0 Å². The lowest BCUT2D eigenvalue weighted by atomic mass is 9.82. The van der Waals surface area contributed by atoms with Gasteiger partial charge < -0.3 is 25.4 Å². The van der Waals surface area contributed by atoms with Gasteiger partial charge in [0.25, 0.3) is 0 Å². The number of fused-ring (bicyclic) bond motifs is 1. The van der Waals surface area contributed by atoms with Crippen LogP contribution in [-0.4, -0.2) is 51.3 Å². The molecule has 1 unspecified atom stereocenters. The number of nitrogen functional groups attached to an aromatic ring is 1. The van der Waals surface area contributed by atoms with Crippen LogP contribution < -0.4 is 15.5 Å². The fourth-order valence-electron chi connectivity index (χ4n) is 6.09. The number of nitrogens with zero attached hydrogens (tertiary/aromatic N) is 5. The minimum atomic E-state index is -1.18. The molecular weight excluding hydrogens is 528 g/mol. The van der Waals surface area contributed by atoms with E-state index in [2.05, 4.69) is 51.8 Å². The van der Waals surface area contributed by atoms with Crippen molar-refractivity contribution < 1.29 is 14.6 Å². The molecule has 5 rings (SSSR count).